The van der Waals surface area contributed by atoms with E-state index in [2.05, 4.69) is 4.98 Å². The smallest absolute Gasteiger partial charge is 0.361 e. The van der Waals surface area contributed by atoms with Crippen LogP contribution in [0, 0.1) is 5.92 Å². The lowest BCUT2D eigenvalue weighted by Crippen LogP contribution is -2.44. The van der Waals surface area contributed by atoms with Gasteiger partial charge in [0.05, 0.1) is 5.56 Å². The number of aromatic nitrogens is 1. The summed E-state index contributed by atoms with van der Waals surface area (Å²) in [6.07, 6.45) is -2.01. The van der Waals surface area contributed by atoms with Gasteiger partial charge in [0.2, 0.25) is 5.91 Å². The van der Waals surface area contributed by atoms with Crippen molar-refractivity contribution in [2.75, 3.05) is 19.6 Å². The van der Waals surface area contributed by atoms with Crippen LogP contribution in [-0.4, -0.2) is 46.2 Å². The topological polar surface area (TPSA) is 56.4 Å². The molecule has 0 unspecified atom stereocenters. The van der Waals surface area contributed by atoms with Crippen molar-refractivity contribution >= 4 is 34.3 Å². The third kappa shape index (κ3) is 7.45. The number of para-hydroxylation sites is 1. The number of hydrogen-bond donors (Lipinski definition) is 1. The summed E-state index contributed by atoms with van der Waals surface area (Å²) >= 11 is 6.10. The Bertz CT molecular complexity index is 1460. The Morgan fingerprint density at radius 3 is 2.35 bits per heavy atom. The fourth-order valence-electron chi connectivity index (χ4n) is 4.63. The van der Waals surface area contributed by atoms with E-state index in [4.69, 9.17) is 11.6 Å². The molecule has 4 rings (SSSR count). The lowest BCUT2D eigenvalue weighted by Gasteiger charge is -2.29. The van der Waals surface area contributed by atoms with Crippen LogP contribution in [-0.2, 0) is 23.9 Å². The summed E-state index contributed by atoms with van der Waals surface area (Å²) in [6, 6.07) is 19.2. The van der Waals surface area contributed by atoms with Gasteiger partial charge in [-0.15, -0.1) is 0 Å². The zero-order valence-electron chi connectivity index (χ0n) is 22.3. The molecule has 2 amide bonds. The summed E-state index contributed by atoms with van der Waals surface area (Å²) in [6.45, 7) is 4.54. The normalized spacial score (nSPS) is 11.7. The number of amides is 2. The van der Waals surface area contributed by atoms with Crippen LogP contribution in [0.15, 0.2) is 79.0 Å². The number of fused-ring (bicyclic) bond motifs is 1. The molecule has 9 heteroatoms. The Balaban J connectivity index is 1.57. The van der Waals surface area contributed by atoms with Gasteiger partial charge in [-0.1, -0.05) is 61.8 Å². The highest BCUT2D eigenvalue weighted by Gasteiger charge is 2.30. The van der Waals surface area contributed by atoms with E-state index >= 15 is 0 Å². The lowest BCUT2D eigenvalue weighted by atomic mass is 10.1. The zero-order chi connectivity index (χ0) is 28.9. The quantitative estimate of drug-likeness (QED) is 0.219. The van der Waals surface area contributed by atoms with Crippen LogP contribution in [0.5, 0.6) is 0 Å². The number of alkyl halides is 3. The highest BCUT2D eigenvalue weighted by atomic mass is 35.5. The number of halogens is 4. The minimum absolute atomic E-state index is 0.102. The lowest BCUT2D eigenvalue weighted by molar-refractivity contribution is -0.137. The second kappa shape index (κ2) is 12.6. The predicted octanol–water partition coefficient (Wildman–Crippen LogP) is 7.21. The number of H-pyrrole nitrogens is 1. The Kier molecular flexibility index (Phi) is 9.20. The van der Waals surface area contributed by atoms with Crippen LogP contribution in [0.25, 0.3) is 10.9 Å². The molecule has 1 N–H and O–H groups in total. The van der Waals surface area contributed by atoms with Crippen LogP contribution in [0.3, 0.4) is 0 Å². The molecule has 0 spiro atoms. The summed E-state index contributed by atoms with van der Waals surface area (Å²) in [4.78, 5) is 33.4. The van der Waals surface area contributed by atoms with Gasteiger partial charge in [-0.25, -0.2) is 0 Å². The SMILES string of the molecule is CC(C)CN(CC(=O)N(CCc1c[nH]c2ccccc12)Cc1ccc(C(F)(F)F)cc1)C(=O)c1cccc(Cl)c1. The average Bonchev–Trinajstić information content (AvgIpc) is 3.32. The van der Waals surface area contributed by atoms with Crippen molar-refractivity contribution in [3.63, 3.8) is 0 Å². The summed E-state index contributed by atoms with van der Waals surface area (Å²) in [5.74, 6) is -0.503. The molecule has 40 heavy (non-hydrogen) atoms. The number of aromatic amines is 1. The molecule has 1 heterocycles. The summed E-state index contributed by atoms with van der Waals surface area (Å²) in [7, 11) is 0. The highest BCUT2D eigenvalue weighted by Crippen LogP contribution is 2.29. The summed E-state index contributed by atoms with van der Waals surface area (Å²) in [5, 5.41) is 1.46. The van der Waals surface area contributed by atoms with Crippen LogP contribution in [0.2, 0.25) is 5.02 Å². The van der Waals surface area contributed by atoms with Gasteiger partial charge < -0.3 is 14.8 Å². The van der Waals surface area contributed by atoms with Crippen molar-refractivity contribution in [2.24, 2.45) is 5.92 Å². The van der Waals surface area contributed by atoms with Crippen molar-refractivity contribution in [1.82, 2.24) is 14.8 Å². The van der Waals surface area contributed by atoms with Crippen molar-refractivity contribution in [2.45, 2.75) is 33.0 Å². The van der Waals surface area contributed by atoms with Crippen molar-refractivity contribution in [3.8, 4) is 0 Å². The number of carbonyl (C=O) groups excluding carboxylic acids is 2. The van der Waals surface area contributed by atoms with Crippen molar-refractivity contribution < 1.29 is 22.8 Å². The molecule has 0 fully saturated rings. The van der Waals surface area contributed by atoms with Gasteiger partial charge in [0, 0.05) is 47.3 Å². The van der Waals surface area contributed by atoms with Crippen LogP contribution in [0.4, 0.5) is 13.2 Å². The maximum absolute atomic E-state index is 13.7. The van der Waals surface area contributed by atoms with E-state index in [0.29, 0.717) is 35.7 Å². The van der Waals surface area contributed by atoms with Gasteiger partial charge >= 0.3 is 6.18 Å². The fraction of sp³-hybridized carbons (Fsp3) is 0.290. The Hall–Kier alpha value is -3.78. The van der Waals surface area contributed by atoms with Crippen LogP contribution < -0.4 is 0 Å². The summed E-state index contributed by atoms with van der Waals surface area (Å²) in [5.41, 5.74) is 2.21. The Morgan fingerprint density at radius 2 is 1.68 bits per heavy atom. The zero-order valence-corrected chi connectivity index (χ0v) is 23.1. The standard InChI is InChI=1S/C31H31ClF3N3O2/c1-21(2)18-38(30(40)23-6-5-7-26(32)16-23)20-29(39)37(19-22-10-12-25(13-11-22)31(33,34)35)15-14-24-17-36-28-9-4-3-8-27(24)28/h3-13,16-17,21,36H,14-15,18-20H2,1-2H3. The van der Waals surface area contributed by atoms with Crippen molar-refractivity contribution in [3.05, 3.63) is 106 Å². The number of nitrogens with zero attached hydrogens (tertiary/aromatic N) is 2. The molecule has 3 aromatic carbocycles. The number of nitrogens with one attached hydrogen (secondary N) is 1. The third-order valence-corrected chi connectivity index (χ3v) is 6.84. The molecule has 0 saturated heterocycles. The maximum atomic E-state index is 13.7. The third-order valence-electron chi connectivity index (χ3n) is 6.60. The minimum Gasteiger partial charge on any atom is -0.361 e. The van der Waals surface area contributed by atoms with Gasteiger partial charge in [0.25, 0.3) is 5.91 Å². The fourth-order valence-corrected chi connectivity index (χ4v) is 4.82. The Labute approximate surface area is 236 Å². The van der Waals surface area contributed by atoms with E-state index < -0.39 is 11.7 Å². The molecule has 210 valence electrons. The van der Waals surface area contributed by atoms with E-state index in [1.54, 1.807) is 29.2 Å². The first kappa shape index (κ1) is 29.2. The number of benzene rings is 3. The molecule has 4 aromatic rings. The molecule has 1 aromatic heterocycles. The monoisotopic (exact) mass is 569 g/mol. The summed E-state index contributed by atoms with van der Waals surface area (Å²) < 4.78 is 39.3. The van der Waals surface area contributed by atoms with Crippen LogP contribution in [0.1, 0.15) is 40.9 Å². The number of hydrogen-bond acceptors (Lipinski definition) is 2. The first-order valence-electron chi connectivity index (χ1n) is 13.0. The Morgan fingerprint density at radius 1 is 0.950 bits per heavy atom. The molecule has 0 aliphatic rings. The average molecular weight is 570 g/mol. The second-order valence-electron chi connectivity index (χ2n) is 10.2. The molecular formula is C31H31ClF3N3O2. The van der Waals surface area contributed by atoms with Gasteiger partial charge in [0.1, 0.15) is 6.54 Å². The molecule has 0 bridgehead atoms. The predicted molar refractivity (Wildman–Crippen MR) is 151 cm³/mol. The molecule has 0 saturated carbocycles. The van der Waals surface area contributed by atoms with E-state index in [0.717, 1.165) is 28.6 Å². The molecule has 0 atom stereocenters. The van der Waals surface area contributed by atoms with Gasteiger partial charge in [-0.05, 0) is 59.9 Å². The first-order valence-corrected chi connectivity index (χ1v) is 13.4. The molecular weight excluding hydrogens is 539 g/mol. The van der Waals surface area contributed by atoms with Gasteiger partial charge in [-0.2, -0.15) is 13.2 Å². The number of rotatable bonds is 10. The number of carbonyl (C=O) groups is 2. The van der Waals surface area contributed by atoms with Crippen LogP contribution >= 0.6 is 11.6 Å². The molecule has 0 aliphatic carbocycles. The minimum atomic E-state index is -4.44. The van der Waals surface area contributed by atoms with Gasteiger partial charge in [-0.3, -0.25) is 9.59 Å². The van der Waals surface area contributed by atoms with Crippen molar-refractivity contribution in [1.29, 1.82) is 0 Å². The molecule has 0 aliphatic heterocycles. The van der Waals surface area contributed by atoms with E-state index in [1.807, 2.05) is 44.3 Å². The molecule has 0 radical (unpaired) electrons. The molecule has 5 nitrogen and oxygen atoms in total. The largest absolute Gasteiger partial charge is 0.416 e. The maximum Gasteiger partial charge on any atom is 0.416 e. The highest BCUT2D eigenvalue weighted by molar-refractivity contribution is 6.31. The van der Waals surface area contributed by atoms with E-state index in [-0.39, 0.29) is 30.8 Å². The van der Waals surface area contributed by atoms with Gasteiger partial charge in [0.15, 0.2) is 0 Å². The van der Waals surface area contributed by atoms with E-state index in [9.17, 15) is 22.8 Å². The second-order valence-corrected chi connectivity index (χ2v) is 10.6. The first-order chi connectivity index (χ1) is 19.0. The van der Waals surface area contributed by atoms with E-state index in [1.165, 1.54) is 17.0 Å².